The summed E-state index contributed by atoms with van der Waals surface area (Å²) in [4.78, 5) is 1.27. The third-order valence-corrected chi connectivity index (χ3v) is 5.57. The molecular formula is C20H23ClS. The van der Waals surface area contributed by atoms with Crippen LogP contribution in [0.5, 0.6) is 0 Å². The molecule has 116 valence electrons. The van der Waals surface area contributed by atoms with E-state index in [1.165, 1.54) is 16.0 Å². The van der Waals surface area contributed by atoms with Crippen LogP contribution in [0.3, 0.4) is 0 Å². The molecule has 0 heterocycles. The second kappa shape index (κ2) is 7.89. The molecule has 0 radical (unpaired) electrons. The Morgan fingerprint density at radius 2 is 1.59 bits per heavy atom. The van der Waals surface area contributed by atoms with Crippen LogP contribution in [0, 0.1) is 5.41 Å². The largest absolute Gasteiger partial charge is 0.0978 e. The first-order valence-corrected chi connectivity index (χ1v) is 9.03. The van der Waals surface area contributed by atoms with Crippen LogP contribution in [0.15, 0.2) is 64.9 Å². The van der Waals surface area contributed by atoms with E-state index >= 15 is 0 Å². The highest BCUT2D eigenvalue weighted by Crippen LogP contribution is 2.43. The van der Waals surface area contributed by atoms with Gasteiger partial charge in [-0.05, 0) is 59.1 Å². The second-order valence-corrected chi connectivity index (χ2v) is 7.12. The Labute approximate surface area is 143 Å². The molecule has 0 saturated heterocycles. The summed E-state index contributed by atoms with van der Waals surface area (Å²) in [5, 5.41) is 3.10. The summed E-state index contributed by atoms with van der Waals surface area (Å²) in [5.41, 5.74) is 2.83. The Morgan fingerprint density at radius 1 is 1.00 bits per heavy atom. The molecular weight excluding hydrogens is 308 g/mol. The minimum absolute atomic E-state index is 0.176. The van der Waals surface area contributed by atoms with E-state index < -0.39 is 0 Å². The molecule has 22 heavy (non-hydrogen) atoms. The van der Waals surface area contributed by atoms with E-state index in [9.17, 15) is 0 Å². The fourth-order valence-corrected chi connectivity index (χ4v) is 3.56. The SMILES string of the molecule is CCC(C)(CC)C(=CSc1ccccc1)c1ccc(Cl)cc1. The van der Waals surface area contributed by atoms with Gasteiger partial charge in [-0.2, -0.15) is 0 Å². The van der Waals surface area contributed by atoms with Gasteiger partial charge in [-0.15, -0.1) is 0 Å². The molecule has 0 fully saturated rings. The Hall–Kier alpha value is -1.18. The molecule has 0 aliphatic rings. The first kappa shape index (κ1) is 17.2. The fourth-order valence-electron chi connectivity index (χ4n) is 2.45. The van der Waals surface area contributed by atoms with Gasteiger partial charge in [-0.25, -0.2) is 0 Å². The van der Waals surface area contributed by atoms with Crippen molar-refractivity contribution in [3.63, 3.8) is 0 Å². The lowest BCUT2D eigenvalue weighted by Gasteiger charge is -2.30. The number of thioether (sulfide) groups is 1. The van der Waals surface area contributed by atoms with Gasteiger partial charge in [0.25, 0.3) is 0 Å². The highest BCUT2D eigenvalue weighted by molar-refractivity contribution is 8.02. The van der Waals surface area contributed by atoms with Crippen LogP contribution >= 0.6 is 23.4 Å². The summed E-state index contributed by atoms with van der Waals surface area (Å²) in [6, 6.07) is 18.7. The molecule has 0 unspecified atom stereocenters. The molecule has 2 heteroatoms. The maximum Gasteiger partial charge on any atom is 0.0406 e. The smallest absolute Gasteiger partial charge is 0.0406 e. The van der Waals surface area contributed by atoms with Crippen molar-refractivity contribution in [2.75, 3.05) is 0 Å². The third-order valence-electron chi connectivity index (χ3n) is 4.42. The van der Waals surface area contributed by atoms with E-state index in [4.69, 9.17) is 11.6 Å². The van der Waals surface area contributed by atoms with Crippen molar-refractivity contribution < 1.29 is 0 Å². The summed E-state index contributed by atoms with van der Waals surface area (Å²) in [6.07, 6.45) is 2.24. The van der Waals surface area contributed by atoms with Crippen LogP contribution in [0.25, 0.3) is 5.57 Å². The number of rotatable bonds is 6. The van der Waals surface area contributed by atoms with Gasteiger partial charge >= 0.3 is 0 Å². The van der Waals surface area contributed by atoms with Gasteiger partial charge < -0.3 is 0 Å². The van der Waals surface area contributed by atoms with E-state index in [1.54, 1.807) is 11.8 Å². The summed E-state index contributed by atoms with van der Waals surface area (Å²) >= 11 is 7.84. The van der Waals surface area contributed by atoms with E-state index in [0.29, 0.717) is 0 Å². The number of hydrogen-bond acceptors (Lipinski definition) is 1. The molecule has 0 aliphatic heterocycles. The van der Waals surface area contributed by atoms with Gasteiger partial charge in [0.05, 0.1) is 0 Å². The lowest BCUT2D eigenvalue weighted by molar-refractivity contribution is 0.415. The van der Waals surface area contributed by atoms with Crippen molar-refractivity contribution in [1.29, 1.82) is 0 Å². The molecule has 0 nitrogen and oxygen atoms in total. The zero-order chi connectivity index (χ0) is 16.0. The number of hydrogen-bond donors (Lipinski definition) is 0. The van der Waals surface area contributed by atoms with Crippen molar-refractivity contribution in [3.05, 3.63) is 70.6 Å². The molecule has 2 aromatic rings. The number of allylic oxidation sites excluding steroid dienone is 1. The molecule has 0 aromatic heterocycles. The Morgan fingerprint density at radius 3 is 2.14 bits per heavy atom. The monoisotopic (exact) mass is 330 g/mol. The van der Waals surface area contributed by atoms with Crippen molar-refractivity contribution in [3.8, 4) is 0 Å². The average Bonchev–Trinajstić information content (AvgIpc) is 2.57. The highest BCUT2D eigenvalue weighted by Gasteiger charge is 2.26. The number of benzene rings is 2. The maximum atomic E-state index is 6.05. The molecule has 0 N–H and O–H groups in total. The molecule has 2 rings (SSSR count). The normalized spacial score (nSPS) is 12.5. The summed E-state index contributed by atoms with van der Waals surface area (Å²) < 4.78 is 0. The van der Waals surface area contributed by atoms with Crippen LogP contribution < -0.4 is 0 Å². The standard InChI is InChI=1S/C20H23ClS/c1-4-20(3,5-2)19(16-11-13-17(21)14-12-16)15-22-18-9-7-6-8-10-18/h6-15H,4-5H2,1-3H3. The zero-order valence-corrected chi connectivity index (χ0v) is 15.0. The number of halogens is 1. The van der Waals surface area contributed by atoms with E-state index in [1.807, 2.05) is 12.1 Å². The van der Waals surface area contributed by atoms with Gasteiger partial charge in [0.2, 0.25) is 0 Å². The molecule has 0 amide bonds. The quantitative estimate of drug-likeness (QED) is 0.501. The summed E-state index contributed by atoms with van der Waals surface area (Å²) in [7, 11) is 0. The van der Waals surface area contributed by atoms with Crippen LogP contribution in [0.2, 0.25) is 5.02 Å². The van der Waals surface area contributed by atoms with Crippen molar-refractivity contribution in [1.82, 2.24) is 0 Å². The van der Waals surface area contributed by atoms with E-state index in [-0.39, 0.29) is 5.41 Å². The molecule has 2 aromatic carbocycles. The van der Waals surface area contributed by atoms with Crippen molar-refractivity contribution >= 4 is 28.9 Å². The predicted octanol–water partition coefficient (Wildman–Crippen LogP) is 7.30. The van der Waals surface area contributed by atoms with Gasteiger partial charge in [0.1, 0.15) is 0 Å². The lowest BCUT2D eigenvalue weighted by atomic mass is 9.75. The van der Waals surface area contributed by atoms with Gasteiger partial charge in [0, 0.05) is 9.92 Å². The Bertz CT molecular complexity index is 610. The average molecular weight is 331 g/mol. The Balaban J connectivity index is 2.39. The molecule has 0 atom stereocenters. The highest BCUT2D eigenvalue weighted by atomic mass is 35.5. The predicted molar refractivity (Wildman–Crippen MR) is 100 cm³/mol. The van der Waals surface area contributed by atoms with Crippen LogP contribution in [-0.4, -0.2) is 0 Å². The van der Waals surface area contributed by atoms with E-state index in [2.05, 4.69) is 68.6 Å². The van der Waals surface area contributed by atoms with Crippen molar-refractivity contribution in [2.24, 2.45) is 5.41 Å². The van der Waals surface area contributed by atoms with Crippen molar-refractivity contribution in [2.45, 2.75) is 38.5 Å². The minimum atomic E-state index is 0.176. The fraction of sp³-hybridized carbons (Fsp3) is 0.300. The first-order valence-electron chi connectivity index (χ1n) is 7.77. The summed E-state index contributed by atoms with van der Waals surface area (Å²) in [6.45, 7) is 6.87. The summed E-state index contributed by atoms with van der Waals surface area (Å²) in [5.74, 6) is 0. The zero-order valence-electron chi connectivity index (χ0n) is 13.5. The van der Waals surface area contributed by atoms with Gasteiger partial charge in [-0.1, -0.05) is 74.5 Å². The third kappa shape index (κ3) is 4.18. The topological polar surface area (TPSA) is 0 Å². The Kier molecular flexibility index (Phi) is 6.16. The van der Waals surface area contributed by atoms with Crippen LogP contribution in [-0.2, 0) is 0 Å². The van der Waals surface area contributed by atoms with Crippen LogP contribution in [0.4, 0.5) is 0 Å². The lowest BCUT2D eigenvalue weighted by Crippen LogP contribution is -2.16. The maximum absolute atomic E-state index is 6.05. The first-order chi connectivity index (χ1) is 10.6. The minimum Gasteiger partial charge on any atom is -0.0978 e. The van der Waals surface area contributed by atoms with Gasteiger partial charge in [-0.3, -0.25) is 0 Å². The van der Waals surface area contributed by atoms with Crippen LogP contribution in [0.1, 0.15) is 39.2 Å². The second-order valence-electron chi connectivity index (χ2n) is 5.74. The molecule has 0 bridgehead atoms. The molecule has 0 saturated carbocycles. The molecule has 0 aliphatic carbocycles. The van der Waals surface area contributed by atoms with E-state index in [0.717, 1.165) is 17.9 Å². The van der Waals surface area contributed by atoms with Gasteiger partial charge in [0.15, 0.2) is 0 Å². The molecule has 0 spiro atoms.